The van der Waals surface area contributed by atoms with Gasteiger partial charge < -0.3 is 13.8 Å². The summed E-state index contributed by atoms with van der Waals surface area (Å²) in [5, 5.41) is 0. The zero-order chi connectivity index (χ0) is 13.3. The van der Waals surface area contributed by atoms with Crippen LogP contribution in [-0.4, -0.2) is 26.5 Å². The Morgan fingerprint density at radius 1 is 1.06 bits per heavy atom. The Kier molecular flexibility index (Phi) is 7.02. The summed E-state index contributed by atoms with van der Waals surface area (Å²) in [6.07, 6.45) is 1.90. The lowest BCUT2D eigenvalue weighted by Gasteiger charge is -2.14. The van der Waals surface area contributed by atoms with Gasteiger partial charge in [-0.1, -0.05) is 31.5 Å². The maximum Gasteiger partial charge on any atom is 0.327 e. The summed E-state index contributed by atoms with van der Waals surface area (Å²) in [6, 6.07) is 9.45. The van der Waals surface area contributed by atoms with Crippen molar-refractivity contribution in [2.75, 3.05) is 26.5 Å². The molecule has 1 unspecified atom stereocenters. The van der Waals surface area contributed by atoms with Gasteiger partial charge in [-0.25, -0.2) is 0 Å². The molecule has 0 heterocycles. The number of hydrogen-bond donors (Lipinski definition) is 0. The first-order valence-corrected chi connectivity index (χ1v) is 8.17. The monoisotopic (exact) mass is 272 g/mol. The van der Waals surface area contributed by atoms with Gasteiger partial charge in [-0.05, 0) is 18.6 Å². The summed E-state index contributed by atoms with van der Waals surface area (Å²) >= 11 is 0. The molecule has 0 N–H and O–H groups in total. The molecule has 0 radical (unpaired) electrons. The van der Waals surface area contributed by atoms with E-state index < -0.39 is 7.60 Å². The van der Waals surface area contributed by atoms with Gasteiger partial charge >= 0.3 is 7.60 Å². The predicted molar refractivity (Wildman–Crippen MR) is 72.3 cm³/mol. The van der Waals surface area contributed by atoms with Crippen LogP contribution >= 0.6 is 7.60 Å². The Morgan fingerprint density at radius 2 is 1.72 bits per heavy atom. The molecule has 5 heteroatoms. The van der Waals surface area contributed by atoms with E-state index in [2.05, 4.69) is 6.92 Å². The summed E-state index contributed by atoms with van der Waals surface area (Å²) in [4.78, 5) is 0. The molecule has 0 saturated carbocycles. The molecule has 0 bridgehead atoms. The first-order valence-electron chi connectivity index (χ1n) is 6.18. The molecule has 0 aromatic heterocycles. The predicted octanol–water partition coefficient (Wildman–Crippen LogP) is 3.72. The smallest absolute Gasteiger partial charge is 0.327 e. The van der Waals surface area contributed by atoms with Crippen LogP contribution in [0.15, 0.2) is 30.3 Å². The van der Waals surface area contributed by atoms with Crippen molar-refractivity contribution in [2.24, 2.45) is 0 Å². The highest BCUT2D eigenvalue weighted by atomic mass is 31.2. The van der Waals surface area contributed by atoms with Gasteiger partial charge in [0.25, 0.3) is 0 Å². The van der Waals surface area contributed by atoms with Gasteiger partial charge in [-0.2, -0.15) is 0 Å². The minimum Gasteiger partial charge on any atom is -0.491 e. The van der Waals surface area contributed by atoms with Crippen molar-refractivity contribution in [2.45, 2.75) is 19.8 Å². The van der Waals surface area contributed by atoms with Crippen molar-refractivity contribution in [1.82, 2.24) is 0 Å². The zero-order valence-electron chi connectivity index (χ0n) is 11.0. The normalized spacial score (nSPS) is 14.1. The van der Waals surface area contributed by atoms with Crippen LogP contribution in [0.2, 0.25) is 0 Å². The first kappa shape index (κ1) is 15.2. The molecule has 0 spiro atoms. The van der Waals surface area contributed by atoms with Crippen molar-refractivity contribution >= 4 is 7.60 Å². The fourth-order valence-electron chi connectivity index (χ4n) is 1.29. The van der Waals surface area contributed by atoms with Crippen LogP contribution in [0.25, 0.3) is 0 Å². The second-order valence-corrected chi connectivity index (χ2v) is 6.01. The third-order valence-corrected chi connectivity index (χ3v) is 3.55. The van der Waals surface area contributed by atoms with E-state index >= 15 is 0 Å². The van der Waals surface area contributed by atoms with Gasteiger partial charge in [0.2, 0.25) is 0 Å². The Bertz CT molecular complexity index is 367. The average molecular weight is 272 g/mol. The lowest BCUT2D eigenvalue weighted by atomic mass is 10.3. The number of ether oxygens (including phenoxy) is 1. The Morgan fingerprint density at radius 3 is 2.39 bits per heavy atom. The zero-order valence-corrected chi connectivity index (χ0v) is 11.9. The van der Waals surface area contributed by atoms with E-state index in [9.17, 15) is 4.57 Å². The third-order valence-electron chi connectivity index (χ3n) is 2.24. The van der Waals surface area contributed by atoms with Crippen molar-refractivity contribution in [3.05, 3.63) is 30.3 Å². The van der Waals surface area contributed by atoms with Gasteiger partial charge in [0, 0.05) is 6.66 Å². The van der Waals surface area contributed by atoms with Crippen LogP contribution in [0.3, 0.4) is 0 Å². The maximum absolute atomic E-state index is 11.8. The molecule has 1 atom stereocenters. The Balaban J connectivity index is 2.15. The van der Waals surface area contributed by atoms with Crippen molar-refractivity contribution in [3.8, 4) is 5.75 Å². The third kappa shape index (κ3) is 6.80. The minimum atomic E-state index is -2.92. The molecule has 4 nitrogen and oxygen atoms in total. The van der Waals surface area contributed by atoms with E-state index in [1.165, 1.54) is 6.66 Å². The van der Waals surface area contributed by atoms with Gasteiger partial charge in [0.05, 0.1) is 13.2 Å². The van der Waals surface area contributed by atoms with Crippen LogP contribution in [0, 0.1) is 0 Å². The molecule has 0 aliphatic heterocycles. The van der Waals surface area contributed by atoms with E-state index in [1.807, 2.05) is 30.3 Å². The Hall–Kier alpha value is -0.830. The lowest BCUT2D eigenvalue weighted by Crippen LogP contribution is -2.06. The van der Waals surface area contributed by atoms with Gasteiger partial charge in [-0.3, -0.25) is 4.57 Å². The van der Waals surface area contributed by atoms with Gasteiger partial charge in [0.15, 0.2) is 0 Å². The average Bonchev–Trinajstić information content (AvgIpc) is 2.36. The molecule has 0 aliphatic rings. The number of benzene rings is 1. The molecule has 0 amide bonds. The summed E-state index contributed by atoms with van der Waals surface area (Å²) in [7, 11) is -2.92. The molecule has 102 valence electrons. The van der Waals surface area contributed by atoms with Crippen LogP contribution in [0.5, 0.6) is 5.75 Å². The lowest BCUT2D eigenvalue weighted by molar-refractivity contribution is 0.172. The standard InChI is InChI=1S/C13H21O4P/c1-3-4-10-16-18(2,14)17-12-11-15-13-8-6-5-7-9-13/h5-9H,3-4,10-12H2,1-2H3. The second kappa shape index (κ2) is 8.30. The molecule has 1 aromatic rings. The number of unbranched alkanes of at least 4 members (excludes halogenated alkanes) is 1. The van der Waals surface area contributed by atoms with Gasteiger partial charge in [0.1, 0.15) is 12.4 Å². The first-order chi connectivity index (χ1) is 8.64. The van der Waals surface area contributed by atoms with Crippen LogP contribution in [0.1, 0.15) is 19.8 Å². The topological polar surface area (TPSA) is 44.8 Å². The van der Waals surface area contributed by atoms with E-state index in [-0.39, 0.29) is 6.61 Å². The summed E-state index contributed by atoms with van der Waals surface area (Å²) in [6.45, 7) is 4.64. The van der Waals surface area contributed by atoms with Crippen LogP contribution in [0.4, 0.5) is 0 Å². The van der Waals surface area contributed by atoms with E-state index in [0.717, 1.165) is 18.6 Å². The molecular formula is C13H21O4P. The van der Waals surface area contributed by atoms with Crippen molar-refractivity contribution in [3.63, 3.8) is 0 Å². The van der Waals surface area contributed by atoms with E-state index in [0.29, 0.717) is 13.2 Å². The minimum absolute atomic E-state index is 0.259. The highest BCUT2D eigenvalue weighted by Crippen LogP contribution is 2.43. The quantitative estimate of drug-likeness (QED) is 0.507. The van der Waals surface area contributed by atoms with Crippen LogP contribution < -0.4 is 4.74 Å². The van der Waals surface area contributed by atoms with Crippen molar-refractivity contribution < 1.29 is 18.3 Å². The fraction of sp³-hybridized carbons (Fsp3) is 0.538. The highest BCUT2D eigenvalue weighted by Gasteiger charge is 2.15. The molecule has 0 fully saturated rings. The number of hydrogen-bond acceptors (Lipinski definition) is 4. The summed E-state index contributed by atoms with van der Waals surface area (Å²) < 4.78 is 27.6. The maximum atomic E-state index is 11.8. The van der Waals surface area contributed by atoms with Crippen LogP contribution in [-0.2, 0) is 13.6 Å². The summed E-state index contributed by atoms with van der Waals surface area (Å²) in [5.41, 5.74) is 0. The van der Waals surface area contributed by atoms with E-state index in [4.69, 9.17) is 13.8 Å². The highest BCUT2D eigenvalue weighted by molar-refractivity contribution is 7.52. The number of rotatable bonds is 9. The van der Waals surface area contributed by atoms with E-state index in [1.54, 1.807) is 0 Å². The van der Waals surface area contributed by atoms with Crippen molar-refractivity contribution in [1.29, 1.82) is 0 Å². The van der Waals surface area contributed by atoms with Gasteiger partial charge in [-0.15, -0.1) is 0 Å². The molecule has 0 saturated heterocycles. The molecular weight excluding hydrogens is 251 g/mol. The number of para-hydroxylation sites is 1. The molecule has 18 heavy (non-hydrogen) atoms. The molecule has 1 aromatic carbocycles. The molecule has 1 rings (SSSR count). The SMILES string of the molecule is CCCCOP(C)(=O)OCCOc1ccccc1. The Labute approximate surface area is 109 Å². The fourth-order valence-corrected chi connectivity index (χ4v) is 2.23. The second-order valence-electron chi connectivity index (χ2n) is 3.95. The molecule has 0 aliphatic carbocycles. The largest absolute Gasteiger partial charge is 0.491 e. The summed E-state index contributed by atoms with van der Waals surface area (Å²) in [5.74, 6) is 0.777.